The quantitative estimate of drug-likeness (QED) is 0.527. The van der Waals surface area contributed by atoms with Gasteiger partial charge >= 0.3 is 0 Å². The Labute approximate surface area is 175 Å². The van der Waals surface area contributed by atoms with Crippen LogP contribution in [0.1, 0.15) is 5.56 Å². The van der Waals surface area contributed by atoms with E-state index in [-0.39, 0.29) is 17.0 Å². The van der Waals surface area contributed by atoms with Crippen LogP contribution >= 0.6 is 51.9 Å². The molecule has 0 saturated carbocycles. The number of benzene rings is 2. The maximum atomic E-state index is 6.13. The van der Waals surface area contributed by atoms with Gasteiger partial charge in [-0.2, -0.15) is 9.78 Å². The number of hydrogen-bond acceptors (Lipinski definition) is 5. The molecular weight excluding hydrogens is 459 g/mol. The lowest BCUT2D eigenvalue weighted by molar-refractivity contribution is 0.414. The van der Waals surface area contributed by atoms with Gasteiger partial charge in [0.15, 0.2) is 5.82 Å². The Kier molecular flexibility index (Phi) is 5.92. The van der Waals surface area contributed by atoms with Crippen LogP contribution in [0.2, 0.25) is 10.0 Å². The molecule has 134 valence electrons. The number of aromatic nitrogens is 3. The highest BCUT2D eigenvalue weighted by molar-refractivity contribution is 8.93. The largest absolute Gasteiger partial charge is 0.497 e. The molecule has 0 aliphatic carbocycles. The second-order valence-corrected chi connectivity index (χ2v) is 7.07. The second-order valence-electron chi connectivity index (χ2n) is 5.31. The molecule has 4 rings (SSSR count). The van der Waals surface area contributed by atoms with Crippen molar-refractivity contribution < 1.29 is 4.74 Å². The Morgan fingerprint density at radius 3 is 2.65 bits per heavy atom. The molecule has 2 aromatic carbocycles. The molecule has 0 unspecified atom stereocenters. The fourth-order valence-corrected chi connectivity index (χ4v) is 3.62. The SMILES string of the molecule is Br.COc1cccc(C2=Nn3c(nnc3-c3ccc(Cl)c(Cl)c3)SC2)c1. The van der Waals surface area contributed by atoms with Crippen molar-refractivity contribution in [3.8, 4) is 17.1 Å². The minimum atomic E-state index is 0. The number of rotatable bonds is 3. The summed E-state index contributed by atoms with van der Waals surface area (Å²) in [6, 6.07) is 13.2. The summed E-state index contributed by atoms with van der Waals surface area (Å²) in [5.74, 6) is 2.14. The molecular formula is C17H13BrCl2N4OS. The molecule has 26 heavy (non-hydrogen) atoms. The van der Waals surface area contributed by atoms with Gasteiger partial charge in [0.1, 0.15) is 5.75 Å². The predicted octanol–water partition coefficient (Wildman–Crippen LogP) is 5.20. The van der Waals surface area contributed by atoms with Gasteiger partial charge in [0.2, 0.25) is 5.16 Å². The number of fused-ring (bicyclic) bond motifs is 1. The molecule has 0 amide bonds. The minimum Gasteiger partial charge on any atom is -0.497 e. The van der Waals surface area contributed by atoms with E-state index in [0.29, 0.717) is 21.6 Å². The molecule has 0 N–H and O–H groups in total. The Bertz CT molecular complexity index is 993. The van der Waals surface area contributed by atoms with Crippen LogP contribution in [0.15, 0.2) is 52.7 Å². The lowest BCUT2D eigenvalue weighted by Gasteiger charge is -2.14. The van der Waals surface area contributed by atoms with Crippen molar-refractivity contribution in [3.05, 3.63) is 58.1 Å². The summed E-state index contributed by atoms with van der Waals surface area (Å²) in [6.07, 6.45) is 0. The van der Waals surface area contributed by atoms with Crippen LogP contribution in [0.3, 0.4) is 0 Å². The van der Waals surface area contributed by atoms with E-state index in [1.165, 1.54) is 0 Å². The van der Waals surface area contributed by atoms with Crippen molar-refractivity contribution >= 4 is 57.7 Å². The Morgan fingerprint density at radius 1 is 1.04 bits per heavy atom. The normalized spacial score (nSPS) is 12.8. The first-order valence-corrected chi connectivity index (χ1v) is 9.16. The number of halogens is 3. The fraction of sp³-hybridized carbons (Fsp3) is 0.118. The molecule has 0 spiro atoms. The van der Waals surface area contributed by atoms with Gasteiger partial charge in [-0.1, -0.05) is 47.1 Å². The second kappa shape index (κ2) is 8.00. The molecule has 0 fully saturated rings. The number of methoxy groups -OCH3 is 1. The number of hydrogen-bond donors (Lipinski definition) is 0. The smallest absolute Gasteiger partial charge is 0.212 e. The molecule has 5 nitrogen and oxygen atoms in total. The highest BCUT2D eigenvalue weighted by Crippen LogP contribution is 2.32. The Hall–Kier alpha value is -1.54. The maximum absolute atomic E-state index is 6.13. The van der Waals surface area contributed by atoms with Gasteiger partial charge in [-0.25, -0.2) is 0 Å². The third-order valence-corrected chi connectivity index (χ3v) is 5.42. The van der Waals surface area contributed by atoms with E-state index in [4.69, 9.17) is 33.0 Å². The van der Waals surface area contributed by atoms with Crippen LogP contribution < -0.4 is 4.74 Å². The number of nitrogens with zero attached hydrogens (tertiary/aromatic N) is 4. The Morgan fingerprint density at radius 2 is 1.88 bits per heavy atom. The summed E-state index contributed by atoms with van der Waals surface area (Å²) in [7, 11) is 1.65. The van der Waals surface area contributed by atoms with Crippen molar-refractivity contribution in [2.75, 3.05) is 12.9 Å². The molecule has 2 heterocycles. The van der Waals surface area contributed by atoms with E-state index in [1.807, 2.05) is 30.3 Å². The van der Waals surface area contributed by atoms with Crippen molar-refractivity contribution in [1.29, 1.82) is 0 Å². The van der Waals surface area contributed by atoms with Crippen LogP contribution in [-0.2, 0) is 0 Å². The van der Waals surface area contributed by atoms with E-state index in [2.05, 4.69) is 10.2 Å². The van der Waals surface area contributed by atoms with E-state index >= 15 is 0 Å². The highest BCUT2D eigenvalue weighted by atomic mass is 79.9. The zero-order chi connectivity index (χ0) is 17.4. The summed E-state index contributed by atoms with van der Waals surface area (Å²) in [4.78, 5) is 0. The first-order valence-electron chi connectivity index (χ1n) is 7.41. The van der Waals surface area contributed by atoms with Crippen LogP contribution in [0.4, 0.5) is 0 Å². The molecule has 9 heteroatoms. The zero-order valence-corrected chi connectivity index (χ0v) is 17.6. The molecule has 0 saturated heterocycles. The molecule has 0 bridgehead atoms. The molecule has 1 aromatic heterocycles. The van der Waals surface area contributed by atoms with Gasteiger partial charge in [-0.15, -0.1) is 27.2 Å². The fourth-order valence-electron chi connectivity index (χ4n) is 2.49. The van der Waals surface area contributed by atoms with Gasteiger partial charge in [-0.3, -0.25) is 0 Å². The molecule has 1 aliphatic heterocycles. The summed E-state index contributed by atoms with van der Waals surface area (Å²) in [6.45, 7) is 0. The van der Waals surface area contributed by atoms with Gasteiger partial charge in [0.25, 0.3) is 0 Å². The predicted molar refractivity (Wildman–Crippen MR) is 111 cm³/mol. The summed E-state index contributed by atoms with van der Waals surface area (Å²) >= 11 is 13.7. The first-order chi connectivity index (χ1) is 12.2. The number of ether oxygens (including phenoxy) is 1. The molecule has 3 aromatic rings. The summed E-state index contributed by atoms with van der Waals surface area (Å²) < 4.78 is 7.04. The van der Waals surface area contributed by atoms with Gasteiger partial charge < -0.3 is 4.74 Å². The molecule has 1 aliphatic rings. The van der Waals surface area contributed by atoms with E-state index in [9.17, 15) is 0 Å². The average molecular weight is 472 g/mol. The third-order valence-electron chi connectivity index (χ3n) is 3.75. The van der Waals surface area contributed by atoms with Crippen LogP contribution in [0, 0.1) is 0 Å². The standard InChI is InChI=1S/C17H12Cl2N4OS.BrH/c1-24-12-4-2-3-10(7-12)15-9-25-17-21-20-16(23(17)22-15)11-5-6-13(18)14(19)8-11;/h2-8H,9H2,1H3;1H. The summed E-state index contributed by atoms with van der Waals surface area (Å²) in [5, 5.41) is 14.9. The van der Waals surface area contributed by atoms with Gasteiger partial charge in [0, 0.05) is 16.9 Å². The highest BCUT2D eigenvalue weighted by Gasteiger charge is 2.21. The van der Waals surface area contributed by atoms with Crippen LogP contribution in [0.25, 0.3) is 11.4 Å². The van der Waals surface area contributed by atoms with Gasteiger partial charge in [-0.05, 0) is 30.3 Å². The monoisotopic (exact) mass is 470 g/mol. The van der Waals surface area contributed by atoms with Crippen molar-refractivity contribution in [1.82, 2.24) is 14.9 Å². The van der Waals surface area contributed by atoms with E-state index in [0.717, 1.165) is 27.7 Å². The van der Waals surface area contributed by atoms with E-state index in [1.54, 1.807) is 35.7 Å². The minimum absolute atomic E-state index is 0. The van der Waals surface area contributed by atoms with Crippen molar-refractivity contribution in [2.45, 2.75) is 5.16 Å². The van der Waals surface area contributed by atoms with Crippen molar-refractivity contribution in [3.63, 3.8) is 0 Å². The average Bonchev–Trinajstić information content (AvgIpc) is 3.07. The Balaban J connectivity index is 0.00000196. The third kappa shape index (κ3) is 3.62. The lowest BCUT2D eigenvalue weighted by atomic mass is 10.1. The van der Waals surface area contributed by atoms with Crippen LogP contribution in [0.5, 0.6) is 5.75 Å². The maximum Gasteiger partial charge on any atom is 0.212 e. The van der Waals surface area contributed by atoms with Crippen LogP contribution in [-0.4, -0.2) is 33.4 Å². The number of thioether (sulfide) groups is 1. The van der Waals surface area contributed by atoms with E-state index < -0.39 is 0 Å². The van der Waals surface area contributed by atoms with Crippen molar-refractivity contribution in [2.24, 2.45) is 5.10 Å². The lowest BCUT2D eigenvalue weighted by Crippen LogP contribution is -2.13. The van der Waals surface area contributed by atoms with Gasteiger partial charge in [0.05, 0.1) is 22.9 Å². The molecule has 0 radical (unpaired) electrons. The zero-order valence-electron chi connectivity index (χ0n) is 13.5. The molecule has 0 atom stereocenters. The summed E-state index contributed by atoms with van der Waals surface area (Å²) in [5.41, 5.74) is 2.74. The first kappa shape index (κ1) is 19.2. The topological polar surface area (TPSA) is 52.3 Å².